The van der Waals surface area contributed by atoms with Gasteiger partial charge in [0.1, 0.15) is 5.75 Å². The van der Waals surface area contributed by atoms with E-state index in [1.54, 1.807) is 18.2 Å². The summed E-state index contributed by atoms with van der Waals surface area (Å²) in [6.07, 6.45) is 5.78. The number of nitrogens with one attached hydrogen (secondary N) is 1. The summed E-state index contributed by atoms with van der Waals surface area (Å²) in [7, 11) is 0. The van der Waals surface area contributed by atoms with E-state index in [1.165, 1.54) is 6.07 Å². The molecule has 0 radical (unpaired) electrons. The summed E-state index contributed by atoms with van der Waals surface area (Å²) in [5.41, 5.74) is 0.691. The van der Waals surface area contributed by atoms with Crippen LogP contribution in [0.4, 0.5) is 8.78 Å². The fraction of sp³-hybridized carbons (Fsp3) is 0.385. The van der Waals surface area contributed by atoms with E-state index in [1.807, 2.05) is 6.92 Å². The van der Waals surface area contributed by atoms with Crippen LogP contribution in [-0.4, -0.2) is 12.7 Å². The predicted octanol–water partition coefficient (Wildman–Crippen LogP) is 2.79. The molecule has 0 spiro atoms. The lowest BCUT2D eigenvalue weighted by Gasteiger charge is -2.14. The maximum Gasteiger partial charge on any atom is 0.387 e. The van der Waals surface area contributed by atoms with Crippen molar-refractivity contribution in [2.24, 2.45) is 0 Å². The molecule has 0 saturated heterocycles. The van der Waals surface area contributed by atoms with Crippen LogP contribution in [-0.2, 0) is 6.54 Å². The highest BCUT2D eigenvalue weighted by molar-refractivity contribution is 5.33. The van der Waals surface area contributed by atoms with Crippen LogP contribution in [0.25, 0.3) is 0 Å². The molecule has 1 rings (SSSR count). The third-order valence-corrected chi connectivity index (χ3v) is 2.25. The van der Waals surface area contributed by atoms with Gasteiger partial charge in [-0.25, -0.2) is 0 Å². The number of hydrogen-bond acceptors (Lipinski definition) is 2. The largest absolute Gasteiger partial charge is 0.434 e. The zero-order valence-corrected chi connectivity index (χ0v) is 9.62. The van der Waals surface area contributed by atoms with Gasteiger partial charge in [-0.15, -0.1) is 12.3 Å². The van der Waals surface area contributed by atoms with E-state index < -0.39 is 6.61 Å². The number of alkyl halides is 2. The Morgan fingerprint density at radius 2 is 2.12 bits per heavy atom. The summed E-state index contributed by atoms with van der Waals surface area (Å²) >= 11 is 0. The first kappa shape index (κ1) is 13.5. The number of terminal acetylenes is 1. The summed E-state index contributed by atoms with van der Waals surface area (Å²) in [5, 5.41) is 3.15. The van der Waals surface area contributed by atoms with Crippen molar-refractivity contribution in [2.75, 3.05) is 0 Å². The van der Waals surface area contributed by atoms with E-state index in [0.717, 1.165) is 0 Å². The molecule has 0 aromatic heterocycles. The summed E-state index contributed by atoms with van der Waals surface area (Å²) in [6, 6.07) is 6.84. The summed E-state index contributed by atoms with van der Waals surface area (Å²) in [5.74, 6) is 2.73. The van der Waals surface area contributed by atoms with E-state index in [9.17, 15) is 8.78 Å². The van der Waals surface area contributed by atoms with Crippen molar-refractivity contribution in [3.8, 4) is 18.1 Å². The Bertz CT molecular complexity index is 387. The second kappa shape index (κ2) is 6.87. The molecule has 0 amide bonds. The molecule has 0 aliphatic carbocycles. The van der Waals surface area contributed by atoms with Gasteiger partial charge in [0.2, 0.25) is 0 Å². The average Bonchev–Trinajstić information content (AvgIpc) is 2.27. The maximum absolute atomic E-state index is 12.2. The van der Waals surface area contributed by atoms with Gasteiger partial charge in [0.05, 0.1) is 0 Å². The fourth-order valence-corrected chi connectivity index (χ4v) is 1.39. The highest BCUT2D eigenvalue weighted by Gasteiger charge is 2.09. The summed E-state index contributed by atoms with van der Waals surface area (Å²) in [4.78, 5) is 0. The van der Waals surface area contributed by atoms with Crippen LogP contribution in [0.2, 0.25) is 0 Å². The monoisotopic (exact) mass is 239 g/mol. The molecule has 0 heterocycles. The molecular formula is C13H15F2NO. The first-order valence-corrected chi connectivity index (χ1v) is 5.33. The first-order chi connectivity index (χ1) is 8.13. The first-order valence-electron chi connectivity index (χ1n) is 5.33. The van der Waals surface area contributed by atoms with Crippen molar-refractivity contribution in [1.82, 2.24) is 5.32 Å². The van der Waals surface area contributed by atoms with Crippen molar-refractivity contribution in [2.45, 2.75) is 32.5 Å². The van der Waals surface area contributed by atoms with Gasteiger partial charge < -0.3 is 10.1 Å². The third-order valence-electron chi connectivity index (χ3n) is 2.25. The van der Waals surface area contributed by atoms with E-state index in [2.05, 4.69) is 16.0 Å². The van der Waals surface area contributed by atoms with Gasteiger partial charge in [0.15, 0.2) is 0 Å². The van der Waals surface area contributed by atoms with Gasteiger partial charge in [0, 0.05) is 24.6 Å². The molecule has 0 bridgehead atoms. The molecule has 1 aromatic rings. The van der Waals surface area contributed by atoms with Crippen molar-refractivity contribution in [3.05, 3.63) is 29.8 Å². The number of rotatable bonds is 6. The van der Waals surface area contributed by atoms with Crippen LogP contribution in [0.5, 0.6) is 5.75 Å². The number of para-hydroxylation sites is 1. The third kappa shape index (κ3) is 4.83. The smallest absolute Gasteiger partial charge is 0.387 e. The zero-order chi connectivity index (χ0) is 12.7. The highest BCUT2D eigenvalue weighted by atomic mass is 19.3. The van der Waals surface area contributed by atoms with Crippen LogP contribution in [0.15, 0.2) is 24.3 Å². The van der Waals surface area contributed by atoms with Gasteiger partial charge in [-0.1, -0.05) is 18.2 Å². The lowest BCUT2D eigenvalue weighted by atomic mass is 10.1. The van der Waals surface area contributed by atoms with E-state index >= 15 is 0 Å². The second-order valence-electron chi connectivity index (χ2n) is 3.68. The van der Waals surface area contributed by atoms with E-state index in [4.69, 9.17) is 6.42 Å². The Morgan fingerprint density at radius 1 is 1.41 bits per heavy atom. The van der Waals surface area contributed by atoms with Crippen LogP contribution in [0, 0.1) is 12.3 Å². The van der Waals surface area contributed by atoms with Gasteiger partial charge in [-0.3, -0.25) is 0 Å². The van der Waals surface area contributed by atoms with Crippen LogP contribution < -0.4 is 10.1 Å². The quantitative estimate of drug-likeness (QED) is 0.771. The molecule has 92 valence electrons. The molecule has 1 N–H and O–H groups in total. The molecule has 0 saturated carbocycles. The van der Waals surface area contributed by atoms with Crippen molar-refractivity contribution >= 4 is 0 Å². The number of hydrogen-bond donors (Lipinski definition) is 1. The lowest BCUT2D eigenvalue weighted by molar-refractivity contribution is -0.0505. The maximum atomic E-state index is 12.2. The molecule has 0 aliphatic heterocycles. The second-order valence-corrected chi connectivity index (χ2v) is 3.68. The minimum atomic E-state index is -2.81. The Balaban J connectivity index is 2.61. The highest BCUT2D eigenvalue weighted by Crippen LogP contribution is 2.20. The van der Waals surface area contributed by atoms with Crippen molar-refractivity contribution in [1.29, 1.82) is 0 Å². The van der Waals surface area contributed by atoms with E-state index in [-0.39, 0.29) is 11.8 Å². The minimum Gasteiger partial charge on any atom is -0.434 e. The van der Waals surface area contributed by atoms with Gasteiger partial charge in [0.25, 0.3) is 0 Å². The minimum absolute atomic E-state index is 0.139. The zero-order valence-electron chi connectivity index (χ0n) is 9.62. The summed E-state index contributed by atoms with van der Waals surface area (Å²) in [6.45, 7) is -0.415. The fourth-order valence-electron chi connectivity index (χ4n) is 1.39. The number of benzene rings is 1. The van der Waals surface area contributed by atoms with Gasteiger partial charge in [-0.05, 0) is 13.0 Å². The Kier molecular flexibility index (Phi) is 5.44. The standard InChI is InChI=1S/C13H15F2NO/c1-3-6-10(2)16-9-11-7-4-5-8-12(11)17-13(14)15/h1,4-5,7-8,10,13,16H,6,9H2,2H3. The molecule has 4 heteroatoms. The average molecular weight is 239 g/mol. The molecule has 0 fully saturated rings. The lowest BCUT2D eigenvalue weighted by Crippen LogP contribution is -2.25. The van der Waals surface area contributed by atoms with Crippen molar-refractivity contribution in [3.63, 3.8) is 0 Å². The topological polar surface area (TPSA) is 21.3 Å². The molecule has 1 aromatic carbocycles. The van der Waals surface area contributed by atoms with Gasteiger partial charge in [-0.2, -0.15) is 8.78 Å². The predicted molar refractivity (Wildman–Crippen MR) is 62.8 cm³/mol. The molecule has 17 heavy (non-hydrogen) atoms. The number of ether oxygens (including phenoxy) is 1. The SMILES string of the molecule is C#CCC(C)NCc1ccccc1OC(F)F. The molecule has 1 unspecified atom stereocenters. The Hall–Kier alpha value is -1.60. The van der Waals surface area contributed by atoms with Crippen LogP contribution >= 0.6 is 0 Å². The Morgan fingerprint density at radius 3 is 2.76 bits per heavy atom. The molecule has 2 nitrogen and oxygen atoms in total. The number of halogens is 2. The summed E-state index contributed by atoms with van der Waals surface area (Å²) < 4.78 is 28.7. The van der Waals surface area contributed by atoms with Crippen LogP contribution in [0.1, 0.15) is 18.9 Å². The Labute approximate surface area is 100.0 Å². The van der Waals surface area contributed by atoms with Crippen LogP contribution in [0.3, 0.4) is 0 Å². The molecule has 0 aliphatic rings. The van der Waals surface area contributed by atoms with E-state index in [0.29, 0.717) is 18.5 Å². The normalized spacial score (nSPS) is 12.2. The molecular weight excluding hydrogens is 224 g/mol. The van der Waals surface area contributed by atoms with Crippen molar-refractivity contribution < 1.29 is 13.5 Å². The molecule has 1 atom stereocenters. The van der Waals surface area contributed by atoms with Gasteiger partial charge >= 0.3 is 6.61 Å².